The first-order chi connectivity index (χ1) is 9.42. The van der Waals surface area contributed by atoms with Crippen LogP contribution >= 0.6 is 0 Å². The molecule has 0 atom stereocenters. The maximum Gasteiger partial charge on any atom is 0.213 e. The van der Waals surface area contributed by atoms with Gasteiger partial charge in [0.25, 0.3) is 0 Å². The molecule has 0 radical (unpaired) electrons. The van der Waals surface area contributed by atoms with E-state index in [2.05, 4.69) is 22.0 Å². The summed E-state index contributed by atoms with van der Waals surface area (Å²) >= 11 is 0. The van der Waals surface area contributed by atoms with Crippen LogP contribution in [0.1, 0.15) is 19.3 Å². The Morgan fingerprint density at radius 3 is 2.79 bits per heavy atom. The molecule has 0 spiro atoms. The molecular formula is C16H20N2O. The summed E-state index contributed by atoms with van der Waals surface area (Å²) in [5.74, 6) is 0.740. The Balaban J connectivity index is 1.42. The number of hydrogen-bond acceptors (Lipinski definition) is 3. The van der Waals surface area contributed by atoms with Crippen LogP contribution in [-0.4, -0.2) is 36.1 Å². The van der Waals surface area contributed by atoms with Gasteiger partial charge in [0.15, 0.2) is 0 Å². The second-order valence-corrected chi connectivity index (χ2v) is 5.09. The summed E-state index contributed by atoms with van der Waals surface area (Å²) in [7, 11) is 0. The molecule has 19 heavy (non-hydrogen) atoms. The van der Waals surface area contributed by atoms with Gasteiger partial charge in [0.05, 0.1) is 12.1 Å². The monoisotopic (exact) mass is 256 g/mol. The standard InChI is InChI=1S/C16H20N2O/c1(4-10-18-11-12-18)5-13-19-16-9-8-14-6-2-3-7-15(14)17-16/h2-3,6-9H,1,4-5,10-13H2. The summed E-state index contributed by atoms with van der Waals surface area (Å²) in [6, 6.07) is 12.1. The summed E-state index contributed by atoms with van der Waals surface area (Å²) in [5.41, 5.74) is 1.00. The fourth-order valence-corrected chi connectivity index (χ4v) is 2.21. The lowest BCUT2D eigenvalue weighted by atomic mass is 10.2. The molecule has 0 unspecified atom stereocenters. The number of ether oxygens (including phenoxy) is 1. The van der Waals surface area contributed by atoms with Gasteiger partial charge in [-0.3, -0.25) is 0 Å². The number of unbranched alkanes of at least 4 members (excludes halogenated alkanes) is 2. The average molecular weight is 256 g/mol. The van der Waals surface area contributed by atoms with E-state index in [0.29, 0.717) is 0 Å². The SMILES string of the molecule is c1ccc2nc(OCCCCCN3CC3)ccc2c1. The highest BCUT2D eigenvalue weighted by atomic mass is 16.5. The van der Waals surface area contributed by atoms with Crippen LogP contribution in [0.4, 0.5) is 0 Å². The largest absolute Gasteiger partial charge is 0.478 e. The molecule has 3 heteroatoms. The van der Waals surface area contributed by atoms with Crippen molar-refractivity contribution in [2.75, 3.05) is 26.2 Å². The fourth-order valence-electron chi connectivity index (χ4n) is 2.21. The van der Waals surface area contributed by atoms with Crippen molar-refractivity contribution in [2.45, 2.75) is 19.3 Å². The molecule has 0 saturated carbocycles. The number of para-hydroxylation sites is 1. The van der Waals surface area contributed by atoms with Gasteiger partial charge in [-0.2, -0.15) is 0 Å². The Labute approximate surface area is 114 Å². The first-order valence-corrected chi connectivity index (χ1v) is 7.13. The van der Waals surface area contributed by atoms with Crippen LogP contribution < -0.4 is 4.74 Å². The van der Waals surface area contributed by atoms with Gasteiger partial charge in [0, 0.05) is 24.5 Å². The van der Waals surface area contributed by atoms with Crippen LogP contribution in [-0.2, 0) is 0 Å². The zero-order chi connectivity index (χ0) is 12.9. The molecule has 1 saturated heterocycles. The highest BCUT2D eigenvalue weighted by Gasteiger charge is 2.15. The van der Waals surface area contributed by atoms with Crippen molar-refractivity contribution in [3.63, 3.8) is 0 Å². The second-order valence-electron chi connectivity index (χ2n) is 5.09. The number of aromatic nitrogens is 1. The fraction of sp³-hybridized carbons (Fsp3) is 0.438. The van der Waals surface area contributed by atoms with Crippen LogP contribution in [0.2, 0.25) is 0 Å². The van der Waals surface area contributed by atoms with Gasteiger partial charge in [0.1, 0.15) is 0 Å². The van der Waals surface area contributed by atoms with E-state index in [9.17, 15) is 0 Å². The molecule has 2 aromatic rings. The van der Waals surface area contributed by atoms with E-state index in [-0.39, 0.29) is 0 Å². The first-order valence-electron chi connectivity index (χ1n) is 7.13. The summed E-state index contributed by atoms with van der Waals surface area (Å²) in [4.78, 5) is 6.96. The Bertz CT molecular complexity index is 537. The van der Waals surface area contributed by atoms with Crippen molar-refractivity contribution in [3.05, 3.63) is 36.4 Å². The maximum atomic E-state index is 5.71. The Morgan fingerprint density at radius 2 is 1.89 bits per heavy atom. The minimum atomic E-state index is 0.740. The van der Waals surface area contributed by atoms with Gasteiger partial charge in [-0.25, -0.2) is 4.98 Å². The lowest BCUT2D eigenvalue weighted by Gasteiger charge is -2.06. The molecule has 1 aromatic carbocycles. The lowest BCUT2D eigenvalue weighted by Crippen LogP contribution is -2.02. The zero-order valence-electron chi connectivity index (χ0n) is 11.2. The van der Waals surface area contributed by atoms with E-state index in [1.165, 1.54) is 32.5 Å². The van der Waals surface area contributed by atoms with Crippen molar-refractivity contribution >= 4 is 10.9 Å². The predicted molar refractivity (Wildman–Crippen MR) is 77.5 cm³/mol. The van der Waals surface area contributed by atoms with E-state index in [1.54, 1.807) is 0 Å². The second kappa shape index (κ2) is 6.02. The maximum absolute atomic E-state index is 5.71. The summed E-state index contributed by atoms with van der Waals surface area (Å²) in [5, 5.41) is 1.16. The zero-order valence-corrected chi connectivity index (χ0v) is 11.2. The highest BCUT2D eigenvalue weighted by molar-refractivity contribution is 5.78. The van der Waals surface area contributed by atoms with Gasteiger partial charge in [-0.15, -0.1) is 0 Å². The van der Waals surface area contributed by atoms with Gasteiger partial charge < -0.3 is 9.64 Å². The molecule has 100 valence electrons. The van der Waals surface area contributed by atoms with Crippen LogP contribution in [0.5, 0.6) is 5.88 Å². The van der Waals surface area contributed by atoms with Gasteiger partial charge in [-0.05, 0) is 37.9 Å². The number of benzene rings is 1. The molecule has 1 aromatic heterocycles. The molecule has 0 N–H and O–H groups in total. The lowest BCUT2D eigenvalue weighted by molar-refractivity contribution is 0.293. The third-order valence-electron chi connectivity index (χ3n) is 3.48. The Morgan fingerprint density at radius 1 is 1.00 bits per heavy atom. The van der Waals surface area contributed by atoms with Gasteiger partial charge in [0.2, 0.25) is 5.88 Å². The molecule has 1 aliphatic rings. The van der Waals surface area contributed by atoms with Crippen LogP contribution in [0.25, 0.3) is 10.9 Å². The van der Waals surface area contributed by atoms with Crippen LogP contribution in [0.3, 0.4) is 0 Å². The summed E-state index contributed by atoms with van der Waals surface area (Å²) < 4.78 is 5.71. The predicted octanol–water partition coefficient (Wildman–Crippen LogP) is 3.10. The quantitative estimate of drug-likeness (QED) is 0.562. The minimum absolute atomic E-state index is 0.740. The number of fused-ring (bicyclic) bond motifs is 1. The molecular weight excluding hydrogens is 236 g/mol. The van der Waals surface area contributed by atoms with Crippen molar-refractivity contribution in [1.82, 2.24) is 9.88 Å². The van der Waals surface area contributed by atoms with E-state index in [0.717, 1.165) is 29.8 Å². The molecule has 1 fully saturated rings. The smallest absolute Gasteiger partial charge is 0.213 e. The number of pyridine rings is 1. The first kappa shape index (κ1) is 12.4. The number of nitrogens with zero attached hydrogens (tertiary/aromatic N) is 2. The molecule has 0 amide bonds. The van der Waals surface area contributed by atoms with Gasteiger partial charge in [-0.1, -0.05) is 18.2 Å². The Hall–Kier alpha value is -1.61. The molecule has 3 nitrogen and oxygen atoms in total. The van der Waals surface area contributed by atoms with Crippen molar-refractivity contribution in [1.29, 1.82) is 0 Å². The third-order valence-corrected chi connectivity index (χ3v) is 3.48. The van der Waals surface area contributed by atoms with Crippen molar-refractivity contribution in [2.24, 2.45) is 0 Å². The minimum Gasteiger partial charge on any atom is -0.478 e. The van der Waals surface area contributed by atoms with Crippen LogP contribution in [0, 0.1) is 0 Å². The van der Waals surface area contributed by atoms with Gasteiger partial charge >= 0.3 is 0 Å². The summed E-state index contributed by atoms with van der Waals surface area (Å²) in [6.45, 7) is 4.63. The molecule has 3 rings (SSSR count). The van der Waals surface area contributed by atoms with E-state index in [1.807, 2.05) is 24.3 Å². The topological polar surface area (TPSA) is 25.1 Å². The number of rotatable bonds is 7. The van der Waals surface area contributed by atoms with E-state index < -0.39 is 0 Å². The normalized spacial score (nSPS) is 14.7. The molecule has 2 heterocycles. The van der Waals surface area contributed by atoms with Crippen molar-refractivity contribution in [3.8, 4) is 5.88 Å². The molecule has 0 bridgehead atoms. The van der Waals surface area contributed by atoms with E-state index in [4.69, 9.17) is 4.74 Å². The van der Waals surface area contributed by atoms with E-state index >= 15 is 0 Å². The molecule has 1 aliphatic heterocycles. The number of hydrogen-bond donors (Lipinski definition) is 0. The van der Waals surface area contributed by atoms with Crippen molar-refractivity contribution < 1.29 is 4.74 Å². The third kappa shape index (κ3) is 3.67. The molecule has 0 aliphatic carbocycles. The average Bonchev–Trinajstić information content (AvgIpc) is 3.27. The van der Waals surface area contributed by atoms with Crippen LogP contribution in [0.15, 0.2) is 36.4 Å². The Kier molecular flexibility index (Phi) is 3.94. The highest BCUT2D eigenvalue weighted by Crippen LogP contribution is 2.16. The summed E-state index contributed by atoms with van der Waals surface area (Å²) in [6.07, 6.45) is 3.64.